The molecule has 2 aromatic heterocycles. The zero-order chi connectivity index (χ0) is 21.3. The molecule has 0 saturated carbocycles. The van der Waals surface area contributed by atoms with Gasteiger partial charge in [-0.05, 0) is 42.5 Å². The smallest absolute Gasteiger partial charge is 0.209 e. The predicted octanol–water partition coefficient (Wildman–Crippen LogP) is 2.36. The molecule has 4 aromatic rings. The Balaban J connectivity index is 1.85. The molecule has 0 atom stereocenters. The molecule has 0 fully saturated rings. The van der Waals surface area contributed by atoms with Gasteiger partial charge < -0.3 is 0 Å². The number of hydrogen-bond donors (Lipinski definition) is 0. The first kappa shape index (κ1) is 19.3. The van der Waals surface area contributed by atoms with Gasteiger partial charge in [0.05, 0.1) is 39.8 Å². The van der Waals surface area contributed by atoms with Gasteiger partial charge in [0.15, 0.2) is 15.5 Å². The highest BCUT2D eigenvalue weighted by atomic mass is 32.2. The van der Waals surface area contributed by atoms with Crippen LogP contribution in [0.1, 0.15) is 5.56 Å². The summed E-state index contributed by atoms with van der Waals surface area (Å²) >= 11 is 0. The monoisotopic (exact) mass is 417 g/mol. The van der Waals surface area contributed by atoms with E-state index in [0.717, 1.165) is 6.26 Å². The van der Waals surface area contributed by atoms with Gasteiger partial charge in [-0.15, -0.1) is 0 Å². The van der Waals surface area contributed by atoms with E-state index in [1.807, 2.05) is 0 Å². The van der Waals surface area contributed by atoms with Gasteiger partial charge in [-0.1, -0.05) is 12.1 Å². The molecule has 0 aliphatic heterocycles. The minimum Gasteiger partial charge on any atom is -0.287 e. The molecule has 2 aromatic carbocycles. The van der Waals surface area contributed by atoms with Gasteiger partial charge in [0.2, 0.25) is 5.43 Å². The normalized spacial score (nSPS) is 11.2. The molecule has 30 heavy (non-hydrogen) atoms. The minimum absolute atomic E-state index is 0.141. The Hall–Kier alpha value is -4.03. The summed E-state index contributed by atoms with van der Waals surface area (Å²) in [6, 6.07) is 18.2. The summed E-state index contributed by atoms with van der Waals surface area (Å²) in [4.78, 5) is 12.7. The van der Waals surface area contributed by atoms with Crippen LogP contribution in [0.2, 0.25) is 0 Å². The molecule has 9 heteroatoms. The maximum Gasteiger partial charge on any atom is 0.209 e. The Morgan fingerprint density at radius 2 is 1.77 bits per heavy atom. The molecule has 0 radical (unpaired) electrons. The van der Waals surface area contributed by atoms with Crippen LogP contribution < -0.4 is 5.43 Å². The zero-order valence-corrected chi connectivity index (χ0v) is 16.6. The molecular formula is C21H15N5O3S. The second-order valence-corrected chi connectivity index (χ2v) is 8.55. The van der Waals surface area contributed by atoms with E-state index in [1.54, 1.807) is 42.5 Å². The molecule has 4 rings (SSSR count). The van der Waals surface area contributed by atoms with Gasteiger partial charge in [-0.2, -0.15) is 15.5 Å². The highest BCUT2D eigenvalue weighted by molar-refractivity contribution is 7.90. The molecule has 148 valence electrons. The Bertz CT molecular complexity index is 1460. The van der Waals surface area contributed by atoms with E-state index in [-0.39, 0.29) is 16.0 Å². The molecule has 0 aliphatic rings. The van der Waals surface area contributed by atoms with Crippen molar-refractivity contribution in [3.63, 3.8) is 0 Å². The first-order valence-electron chi connectivity index (χ1n) is 8.82. The Labute approximate surface area is 172 Å². The third-order valence-electron chi connectivity index (χ3n) is 4.42. The lowest BCUT2D eigenvalue weighted by atomic mass is 10.2. The van der Waals surface area contributed by atoms with Crippen LogP contribution in [0.5, 0.6) is 0 Å². The minimum atomic E-state index is -3.39. The van der Waals surface area contributed by atoms with Gasteiger partial charge >= 0.3 is 0 Å². The van der Waals surface area contributed by atoms with Crippen molar-refractivity contribution >= 4 is 9.84 Å². The number of rotatable bonds is 4. The summed E-state index contributed by atoms with van der Waals surface area (Å²) in [5, 5.41) is 17.8. The van der Waals surface area contributed by atoms with Crippen LogP contribution in [0, 0.1) is 11.3 Å². The average molecular weight is 417 g/mol. The summed E-state index contributed by atoms with van der Waals surface area (Å²) < 4.78 is 26.7. The lowest BCUT2D eigenvalue weighted by molar-refractivity contribution is 0.601. The third-order valence-corrected chi connectivity index (χ3v) is 5.53. The van der Waals surface area contributed by atoms with E-state index in [0.29, 0.717) is 22.6 Å². The Kier molecular flexibility index (Phi) is 4.77. The fraction of sp³-hybridized carbons (Fsp3) is 0.0476. The molecule has 2 heterocycles. The van der Waals surface area contributed by atoms with Gasteiger partial charge in [0.25, 0.3) is 0 Å². The standard InChI is InChI=1S/C21H15N5O3S/c1-30(28,29)18-7-3-5-16(13-18)25-11-9-20(27)21(24-25)19-8-10-23-26(19)17-6-2-4-15(12-17)14-22/h2-13H,1H3. The first-order chi connectivity index (χ1) is 14.4. The van der Waals surface area contributed by atoms with Crippen molar-refractivity contribution in [1.29, 1.82) is 5.26 Å². The number of nitriles is 1. The summed E-state index contributed by atoms with van der Waals surface area (Å²) in [6.07, 6.45) is 4.14. The van der Waals surface area contributed by atoms with E-state index in [4.69, 9.17) is 5.26 Å². The molecule has 0 saturated heterocycles. The van der Waals surface area contributed by atoms with Crippen molar-refractivity contribution in [3.8, 4) is 28.8 Å². The Morgan fingerprint density at radius 1 is 1.00 bits per heavy atom. The lowest BCUT2D eigenvalue weighted by Gasteiger charge is -2.10. The van der Waals surface area contributed by atoms with Crippen molar-refractivity contribution in [3.05, 3.63) is 88.8 Å². The van der Waals surface area contributed by atoms with Crippen LogP contribution in [0.25, 0.3) is 22.8 Å². The number of aromatic nitrogens is 4. The molecule has 0 N–H and O–H groups in total. The van der Waals surface area contributed by atoms with E-state index < -0.39 is 9.84 Å². The number of sulfone groups is 1. The fourth-order valence-electron chi connectivity index (χ4n) is 2.98. The van der Waals surface area contributed by atoms with Crippen molar-refractivity contribution < 1.29 is 8.42 Å². The maximum atomic E-state index is 12.6. The van der Waals surface area contributed by atoms with E-state index in [9.17, 15) is 13.2 Å². The van der Waals surface area contributed by atoms with Crippen molar-refractivity contribution in [1.82, 2.24) is 19.6 Å². The number of hydrogen-bond acceptors (Lipinski definition) is 6. The van der Waals surface area contributed by atoms with Crippen LogP contribution in [0.4, 0.5) is 0 Å². The fourth-order valence-corrected chi connectivity index (χ4v) is 3.64. The number of nitrogens with zero attached hydrogens (tertiary/aromatic N) is 5. The topological polar surface area (TPSA) is 111 Å². The summed E-state index contributed by atoms with van der Waals surface area (Å²) in [5.74, 6) is 0. The molecule has 0 spiro atoms. The van der Waals surface area contributed by atoms with E-state index >= 15 is 0 Å². The van der Waals surface area contributed by atoms with Crippen molar-refractivity contribution in [2.45, 2.75) is 4.90 Å². The second kappa shape index (κ2) is 7.42. The van der Waals surface area contributed by atoms with Crippen LogP contribution in [0.3, 0.4) is 0 Å². The highest BCUT2D eigenvalue weighted by Crippen LogP contribution is 2.20. The van der Waals surface area contributed by atoms with Crippen LogP contribution in [-0.4, -0.2) is 34.2 Å². The maximum absolute atomic E-state index is 12.6. The van der Waals surface area contributed by atoms with Crippen molar-refractivity contribution in [2.75, 3.05) is 6.26 Å². The molecule has 0 unspecified atom stereocenters. The van der Waals surface area contributed by atoms with Crippen LogP contribution >= 0.6 is 0 Å². The van der Waals surface area contributed by atoms with Gasteiger partial charge in [0.1, 0.15) is 0 Å². The lowest BCUT2D eigenvalue weighted by Crippen LogP contribution is -2.15. The molecule has 0 bridgehead atoms. The quantitative estimate of drug-likeness (QED) is 0.504. The second-order valence-electron chi connectivity index (χ2n) is 6.53. The summed E-state index contributed by atoms with van der Waals surface area (Å²) in [6.45, 7) is 0. The molecule has 8 nitrogen and oxygen atoms in total. The van der Waals surface area contributed by atoms with Gasteiger partial charge in [-0.25, -0.2) is 17.8 Å². The van der Waals surface area contributed by atoms with Crippen LogP contribution in [0.15, 0.2) is 82.7 Å². The molecular weight excluding hydrogens is 402 g/mol. The van der Waals surface area contributed by atoms with Crippen LogP contribution in [-0.2, 0) is 9.84 Å². The largest absolute Gasteiger partial charge is 0.287 e. The summed E-state index contributed by atoms with van der Waals surface area (Å²) in [5.41, 5.74) is 1.85. The summed E-state index contributed by atoms with van der Waals surface area (Å²) in [7, 11) is -3.39. The van der Waals surface area contributed by atoms with E-state index in [1.165, 1.54) is 40.0 Å². The average Bonchev–Trinajstić information content (AvgIpc) is 3.23. The SMILES string of the molecule is CS(=O)(=O)c1cccc(-n2ccc(=O)c(-c3ccnn3-c3cccc(C#N)c3)n2)c1. The Morgan fingerprint density at radius 3 is 2.53 bits per heavy atom. The number of benzene rings is 2. The zero-order valence-electron chi connectivity index (χ0n) is 15.8. The molecule has 0 amide bonds. The first-order valence-corrected chi connectivity index (χ1v) is 10.7. The van der Waals surface area contributed by atoms with Gasteiger partial charge in [0, 0.05) is 18.5 Å². The highest BCUT2D eigenvalue weighted by Gasteiger charge is 2.15. The third kappa shape index (κ3) is 3.64. The van der Waals surface area contributed by atoms with Crippen molar-refractivity contribution in [2.24, 2.45) is 0 Å². The van der Waals surface area contributed by atoms with Gasteiger partial charge in [-0.3, -0.25) is 4.79 Å². The molecule has 0 aliphatic carbocycles. The predicted molar refractivity (Wildman–Crippen MR) is 110 cm³/mol. The van der Waals surface area contributed by atoms with E-state index in [2.05, 4.69) is 16.3 Å².